The lowest BCUT2D eigenvalue weighted by atomic mass is 10.2. The average molecular weight is 280 g/mol. The Labute approximate surface area is 120 Å². The Morgan fingerprint density at radius 1 is 1.19 bits per heavy atom. The van der Waals surface area contributed by atoms with E-state index >= 15 is 0 Å². The number of carbonyl (C=O) groups is 1. The third kappa shape index (κ3) is 2.51. The van der Waals surface area contributed by atoms with Crippen molar-refractivity contribution in [3.8, 4) is 17.1 Å². The van der Waals surface area contributed by atoms with Crippen molar-refractivity contribution in [1.82, 2.24) is 19.7 Å². The Hall–Kier alpha value is -3.02. The van der Waals surface area contributed by atoms with E-state index in [2.05, 4.69) is 15.1 Å². The lowest BCUT2D eigenvalue weighted by Crippen LogP contribution is -1.97. The van der Waals surface area contributed by atoms with E-state index in [1.165, 1.54) is 29.5 Å². The molecule has 0 saturated carbocycles. The zero-order valence-electron chi connectivity index (χ0n) is 11.3. The molecule has 0 amide bonds. The fraction of sp³-hybridized carbons (Fsp3) is 0.0667. The van der Waals surface area contributed by atoms with Gasteiger partial charge in [-0.3, -0.25) is 9.97 Å². The van der Waals surface area contributed by atoms with Crippen molar-refractivity contribution in [3.05, 3.63) is 60.2 Å². The second-order valence-electron chi connectivity index (χ2n) is 4.57. The molecule has 0 radical (unpaired) electrons. The van der Waals surface area contributed by atoms with E-state index < -0.39 is 5.97 Å². The molecule has 0 saturated heterocycles. The van der Waals surface area contributed by atoms with Crippen LogP contribution in [0.1, 0.15) is 15.9 Å². The molecule has 1 aromatic carbocycles. The van der Waals surface area contributed by atoms with Gasteiger partial charge in [0.2, 0.25) is 0 Å². The first-order chi connectivity index (χ1) is 10.1. The van der Waals surface area contributed by atoms with Crippen LogP contribution in [0.25, 0.3) is 17.1 Å². The van der Waals surface area contributed by atoms with Crippen molar-refractivity contribution < 1.29 is 9.90 Å². The molecule has 2 aromatic heterocycles. The number of hydrogen-bond donors (Lipinski definition) is 1. The molecule has 3 aromatic rings. The second-order valence-corrected chi connectivity index (χ2v) is 4.57. The van der Waals surface area contributed by atoms with Gasteiger partial charge in [0.05, 0.1) is 11.9 Å². The van der Waals surface area contributed by atoms with Crippen LogP contribution in [0.5, 0.6) is 0 Å². The quantitative estimate of drug-likeness (QED) is 0.796. The molecule has 0 fully saturated rings. The maximum absolute atomic E-state index is 11.4. The number of aromatic nitrogens is 4. The Kier molecular flexibility index (Phi) is 3.19. The molecule has 0 spiro atoms. The van der Waals surface area contributed by atoms with Gasteiger partial charge in [-0.05, 0) is 19.1 Å². The van der Waals surface area contributed by atoms with Crippen molar-refractivity contribution >= 4 is 5.97 Å². The van der Waals surface area contributed by atoms with Crippen LogP contribution in [0.15, 0.2) is 49.1 Å². The van der Waals surface area contributed by atoms with Gasteiger partial charge in [0.25, 0.3) is 0 Å². The summed E-state index contributed by atoms with van der Waals surface area (Å²) in [6.07, 6.45) is 6.01. The van der Waals surface area contributed by atoms with Gasteiger partial charge in [0.1, 0.15) is 17.0 Å². The third-order valence-corrected chi connectivity index (χ3v) is 3.05. The van der Waals surface area contributed by atoms with Gasteiger partial charge < -0.3 is 5.11 Å². The molecule has 0 atom stereocenters. The van der Waals surface area contributed by atoms with E-state index in [0.717, 1.165) is 11.3 Å². The SMILES string of the molecule is Cc1ccc(-n2cc(C(=O)O)c(-c3cnccn3)n2)cc1. The van der Waals surface area contributed by atoms with Crippen LogP contribution in [0.3, 0.4) is 0 Å². The minimum Gasteiger partial charge on any atom is -0.478 e. The van der Waals surface area contributed by atoms with Crippen LogP contribution in [-0.2, 0) is 0 Å². The summed E-state index contributed by atoms with van der Waals surface area (Å²) in [6.45, 7) is 1.99. The summed E-state index contributed by atoms with van der Waals surface area (Å²) >= 11 is 0. The van der Waals surface area contributed by atoms with E-state index in [4.69, 9.17) is 0 Å². The molecule has 6 heteroatoms. The van der Waals surface area contributed by atoms with Crippen LogP contribution in [0.4, 0.5) is 0 Å². The molecule has 104 valence electrons. The minimum atomic E-state index is -1.05. The number of aromatic carboxylic acids is 1. The van der Waals surface area contributed by atoms with Crippen LogP contribution in [0.2, 0.25) is 0 Å². The third-order valence-electron chi connectivity index (χ3n) is 3.05. The maximum Gasteiger partial charge on any atom is 0.339 e. The van der Waals surface area contributed by atoms with E-state index in [1.54, 1.807) is 0 Å². The van der Waals surface area contributed by atoms with Crippen LogP contribution < -0.4 is 0 Å². The number of aryl methyl sites for hydroxylation is 1. The van der Waals surface area contributed by atoms with Gasteiger partial charge in [0, 0.05) is 18.6 Å². The van der Waals surface area contributed by atoms with Crippen molar-refractivity contribution in [1.29, 1.82) is 0 Å². The summed E-state index contributed by atoms with van der Waals surface area (Å²) < 4.78 is 1.53. The zero-order chi connectivity index (χ0) is 14.8. The van der Waals surface area contributed by atoms with Crippen molar-refractivity contribution in [2.45, 2.75) is 6.92 Å². The van der Waals surface area contributed by atoms with Crippen LogP contribution in [-0.4, -0.2) is 30.8 Å². The van der Waals surface area contributed by atoms with Crippen LogP contribution >= 0.6 is 0 Å². The number of benzene rings is 1. The van der Waals surface area contributed by atoms with E-state index in [0.29, 0.717) is 11.4 Å². The highest BCUT2D eigenvalue weighted by Crippen LogP contribution is 2.21. The fourth-order valence-corrected chi connectivity index (χ4v) is 1.97. The number of carboxylic acid groups (broad SMARTS) is 1. The van der Waals surface area contributed by atoms with Crippen molar-refractivity contribution in [3.63, 3.8) is 0 Å². The van der Waals surface area contributed by atoms with Gasteiger partial charge in [0.15, 0.2) is 0 Å². The molecule has 0 bridgehead atoms. The molecular formula is C15H12N4O2. The molecule has 1 N–H and O–H groups in total. The summed E-state index contributed by atoms with van der Waals surface area (Å²) in [5.74, 6) is -1.05. The molecule has 0 aliphatic heterocycles. The van der Waals surface area contributed by atoms with Gasteiger partial charge in [-0.15, -0.1) is 0 Å². The summed E-state index contributed by atoms with van der Waals surface area (Å²) in [4.78, 5) is 19.5. The van der Waals surface area contributed by atoms with Crippen molar-refractivity contribution in [2.75, 3.05) is 0 Å². The van der Waals surface area contributed by atoms with Crippen LogP contribution in [0, 0.1) is 6.92 Å². The first-order valence-corrected chi connectivity index (χ1v) is 6.31. The highest BCUT2D eigenvalue weighted by molar-refractivity contribution is 5.94. The first-order valence-electron chi connectivity index (χ1n) is 6.31. The molecule has 0 aliphatic carbocycles. The van der Waals surface area contributed by atoms with Crippen molar-refractivity contribution in [2.24, 2.45) is 0 Å². The fourth-order valence-electron chi connectivity index (χ4n) is 1.97. The summed E-state index contributed by atoms with van der Waals surface area (Å²) in [5, 5.41) is 13.7. The standard InChI is InChI=1S/C15H12N4O2/c1-10-2-4-11(5-3-10)19-9-12(15(20)21)14(18-19)13-8-16-6-7-17-13/h2-9H,1H3,(H,20,21). The minimum absolute atomic E-state index is 0.0936. The van der Waals surface area contributed by atoms with Gasteiger partial charge in [-0.2, -0.15) is 5.10 Å². The monoisotopic (exact) mass is 280 g/mol. The molecule has 2 heterocycles. The summed E-state index contributed by atoms with van der Waals surface area (Å²) in [5.41, 5.74) is 2.74. The normalized spacial score (nSPS) is 10.5. The highest BCUT2D eigenvalue weighted by atomic mass is 16.4. The molecule has 6 nitrogen and oxygen atoms in total. The highest BCUT2D eigenvalue weighted by Gasteiger charge is 2.18. The largest absolute Gasteiger partial charge is 0.478 e. The predicted molar refractivity (Wildman–Crippen MR) is 76.3 cm³/mol. The second kappa shape index (κ2) is 5.16. The van der Waals surface area contributed by atoms with Gasteiger partial charge >= 0.3 is 5.97 Å². The average Bonchev–Trinajstić information content (AvgIpc) is 2.94. The van der Waals surface area contributed by atoms with E-state index in [1.807, 2.05) is 31.2 Å². The topological polar surface area (TPSA) is 80.9 Å². The number of carboxylic acids is 1. The maximum atomic E-state index is 11.4. The Morgan fingerprint density at radius 3 is 2.57 bits per heavy atom. The Bertz CT molecular complexity index is 779. The number of rotatable bonds is 3. The lowest BCUT2D eigenvalue weighted by Gasteiger charge is -2.01. The van der Waals surface area contributed by atoms with E-state index in [-0.39, 0.29) is 5.56 Å². The first kappa shape index (κ1) is 13.0. The molecule has 3 rings (SSSR count). The Morgan fingerprint density at radius 2 is 1.95 bits per heavy atom. The smallest absolute Gasteiger partial charge is 0.339 e. The van der Waals surface area contributed by atoms with E-state index in [9.17, 15) is 9.90 Å². The lowest BCUT2D eigenvalue weighted by molar-refractivity contribution is 0.0697. The summed E-state index contributed by atoms with van der Waals surface area (Å²) in [7, 11) is 0. The van der Waals surface area contributed by atoms with Gasteiger partial charge in [-0.25, -0.2) is 9.48 Å². The van der Waals surface area contributed by atoms with Gasteiger partial charge in [-0.1, -0.05) is 17.7 Å². The zero-order valence-corrected chi connectivity index (χ0v) is 11.3. The molecule has 21 heavy (non-hydrogen) atoms. The number of hydrogen-bond acceptors (Lipinski definition) is 4. The molecule has 0 aliphatic rings. The predicted octanol–water partition coefficient (Wildman–Crippen LogP) is 2.34. The molecular weight excluding hydrogens is 268 g/mol. The summed E-state index contributed by atoms with van der Waals surface area (Å²) in [6, 6.07) is 7.65. The Balaban J connectivity index is 2.13. The number of nitrogens with zero attached hydrogens (tertiary/aromatic N) is 4. The molecule has 0 unspecified atom stereocenters.